The van der Waals surface area contributed by atoms with E-state index < -0.39 is 0 Å². The summed E-state index contributed by atoms with van der Waals surface area (Å²) >= 11 is 1.38. The number of carbonyl (C=O) groups excluding carboxylic acids is 1. The van der Waals surface area contributed by atoms with Crippen LogP contribution >= 0.6 is 11.3 Å². The third kappa shape index (κ3) is 2.21. The van der Waals surface area contributed by atoms with Crippen molar-refractivity contribution in [3.05, 3.63) is 29.0 Å². The molecule has 0 aromatic carbocycles. The van der Waals surface area contributed by atoms with Gasteiger partial charge in [0.1, 0.15) is 5.01 Å². The van der Waals surface area contributed by atoms with Gasteiger partial charge in [-0.3, -0.25) is 5.32 Å². The van der Waals surface area contributed by atoms with E-state index in [-0.39, 0.29) is 12.1 Å². The summed E-state index contributed by atoms with van der Waals surface area (Å²) in [4.78, 5) is 14.1. The van der Waals surface area contributed by atoms with Crippen LogP contribution in [-0.4, -0.2) is 32.2 Å². The molecule has 1 aliphatic heterocycles. The zero-order valence-corrected chi connectivity index (χ0v) is 11.6. The highest BCUT2D eigenvalue weighted by molar-refractivity contribution is 7.15. The summed E-state index contributed by atoms with van der Waals surface area (Å²) in [6.07, 6.45) is 2.05. The van der Waals surface area contributed by atoms with Gasteiger partial charge >= 0.3 is 6.03 Å². The first-order chi connectivity index (χ1) is 9.15. The summed E-state index contributed by atoms with van der Waals surface area (Å²) in [6.45, 7) is 5.43. The fourth-order valence-corrected chi connectivity index (χ4v) is 2.95. The fourth-order valence-electron chi connectivity index (χ4n) is 2.37. The van der Waals surface area contributed by atoms with Gasteiger partial charge in [0.15, 0.2) is 0 Å². The molecule has 2 amide bonds. The second-order valence-corrected chi connectivity index (χ2v) is 5.73. The van der Waals surface area contributed by atoms with Crippen LogP contribution in [0.2, 0.25) is 0 Å². The minimum absolute atomic E-state index is 0.0674. The number of aromatic nitrogens is 3. The minimum Gasteiger partial charge on any atom is -0.348 e. The number of fused-ring (bicyclic) bond motifs is 1. The molecule has 2 aromatic rings. The lowest BCUT2D eigenvalue weighted by Crippen LogP contribution is -2.42. The van der Waals surface area contributed by atoms with Crippen LogP contribution in [0.5, 0.6) is 0 Å². The highest BCUT2D eigenvalue weighted by Crippen LogP contribution is 2.26. The van der Waals surface area contributed by atoms with Gasteiger partial charge < -0.3 is 9.47 Å². The molecule has 19 heavy (non-hydrogen) atoms. The second-order valence-electron chi connectivity index (χ2n) is 4.55. The van der Waals surface area contributed by atoms with Gasteiger partial charge in [0, 0.05) is 25.0 Å². The summed E-state index contributed by atoms with van der Waals surface area (Å²) in [5.41, 5.74) is 1.16. The van der Waals surface area contributed by atoms with Gasteiger partial charge in [-0.1, -0.05) is 11.3 Å². The molecular formula is C12H15N5OS. The SMILES string of the molecule is Cc1nnc(NC(=O)N2CCn3cccc3C2C)s1. The molecule has 1 aliphatic rings. The van der Waals surface area contributed by atoms with E-state index >= 15 is 0 Å². The number of hydrogen-bond acceptors (Lipinski definition) is 4. The Morgan fingerprint density at radius 1 is 1.47 bits per heavy atom. The first-order valence-corrected chi connectivity index (χ1v) is 6.99. The van der Waals surface area contributed by atoms with Crippen molar-refractivity contribution in [1.29, 1.82) is 0 Å². The average Bonchev–Trinajstić information content (AvgIpc) is 2.99. The molecule has 0 saturated heterocycles. The summed E-state index contributed by atoms with van der Waals surface area (Å²) in [5, 5.41) is 12.0. The number of anilines is 1. The zero-order valence-electron chi connectivity index (χ0n) is 10.8. The van der Waals surface area contributed by atoms with E-state index in [1.165, 1.54) is 11.3 Å². The van der Waals surface area contributed by atoms with E-state index in [0.717, 1.165) is 17.2 Å². The predicted octanol–water partition coefficient (Wildman–Crippen LogP) is 2.26. The highest BCUT2D eigenvalue weighted by Gasteiger charge is 2.27. The number of rotatable bonds is 1. The Morgan fingerprint density at radius 2 is 2.32 bits per heavy atom. The Hall–Kier alpha value is -1.89. The van der Waals surface area contributed by atoms with Crippen molar-refractivity contribution in [3.63, 3.8) is 0 Å². The van der Waals surface area contributed by atoms with E-state index in [9.17, 15) is 4.79 Å². The maximum Gasteiger partial charge on any atom is 0.324 e. The molecule has 1 N–H and O–H groups in total. The molecule has 0 aliphatic carbocycles. The summed E-state index contributed by atoms with van der Waals surface area (Å²) in [6, 6.07) is 4.02. The van der Waals surface area contributed by atoms with Gasteiger partial charge in [-0.05, 0) is 26.0 Å². The molecule has 0 bridgehead atoms. The van der Waals surface area contributed by atoms with Crippen molar-refractivity contribution >= 4 is 22.5 Å². The topological polar surface area (TPSA) is 63.1 Å². The molecular weight excluding hydrogens is 262 g/mol. The maximum atomic E-state index is 12.3. The first kappa shape index (κ1) is 12.2. The summed E-state index contributed by atoms with van der Waals surface area (Å²) < 4.78 is 2.18. The van der Waals surface area contributed by atoms with Crippen LogP contribution in [0.25, 0.3) is 0 Å². The first-order valence-electron chi connectivity index (χ1n) is 6.18. The molecule has 6 nitrogen and oxygen atoms in total. The Bertz CT molecular complexity index is 605. The van der Waals surface area contributed by atoms with Gasteiger partial charge in [0.2, 0.25) is 5.13 Å². The third-order valence-corrected chi connectivity index (χ3v) is 4.10. The van der Waals surface area contributed by atoms with E-state index in [1.807, 2.05) is 24.8 Å². The fraction of sp³-hybridized carbons (Fsp3) is 0.417. The highest BCUT2D eigenvalue weighted by atomic mass is 32.1. The quantitative estimate of drug-likeness (QED) is 0.869. The number of carbonyl (C=O) groups is 1. The Morgan fingerprint density at radius 3 is 3.05 bits per heavy atom. The van der Waals surface area contributed by atoms with E-state index in [2.05, 4.69) is 32.3 Å². The lowest BCUT2D eigenvalue weighted by Gasteiger charge is -2.34. The number of amides is 2. The number of aryl methyl sites for hydroxylation is 1. The van der Waals surface area contributed by atoms with E-state index in [4.69, 9.17) is 0 Å². The van der Waals surface area contributed by atoms with Gasteiger partial charge in [-0.2, -0.15) is 0 Å². The van der Waals surface area contributed by atoms with Gasteiger partial charge in [-0.25, -0.2) is 4.79 Å². The third-order valence-electron chi connectivity index (χ3n) is 3.34. The van der Waals surface area contributed by atoms with E-state index in [1.54, 1.807) is 0 Å². The molecule has 100 valence electrons. The lowest BCUT2D eigenvalue weighted by atomic mass is 10.1. The van der Waals surface area contributed by atoms with Crippen LogP contribution in [0, 0.1) is 6.92 Å². The molecule has 3 heterocycles. The molecule has 7 heteroatoms. The molecule has 0 fully saturated rings. The van der Waals surface area contributed by atoms with Crippen LogP contribution < -0.4 is 5.32 Å². The summed E-state index contributed by atoms with van der Waals surface area (Å²) in [7, 11) is 0. The maximum absolute atomic E-state index is 12.3. The van der Waals surface area contributed by atoms with Gasteiger partial charge in [0.25, 0.3) is 0 Å². The number of nitrogens with zero attached hydrogens (tertiary/aromatic N) is 4. The largest absolute Gasteiger partial charge is 0.348 e. The van der Waals surface area contributed by atoms with Gasteiger partial charge in [0.05, 0.1) is 6.04 Å². The van der Waals surface area contributed by atoms with Crippen molar-refractivity contribution in [2.75, 3.05) is 11.9 Å². The van der Waals surface area contributed by atoms with Crippen LogP contribution in [-0.2, 0) is 6.54 Å². The molecule has 0 spiro atoms. The Kier molecular flexibility index (Phi) is 2.98. The molecule has 0 radical (unpaired) electrons. The number of nitrogens with one attached hydrogen (secondary N) is 1. The normalized spacial score (nSPS) is 18.2. The molecule has 1 atom stereocenters. The van der Waals surface area contributed by atoms with Crippen LogP contribution in [0.3, 0.4) is 0 Å². The smallest absolute Gasteiger partial charge is 0.324 e. The van der Waals surface area contributed by atoms with Crippen molar-refractivity contribution in [2.45, 2.75) is 26.4 Å². The monoisotopic (exact) mass is 277 g/mol. The van der Waals surface area contributed by atoms with Crippen molar-refractivity contribution in [3.8, 4) is 0 Å². The summed E-state index contributed by atoms with van der Waals surface area (Å²) in [5.74, 6) is 0. The van der Waals surface area contributed by atoms with Crippen LogP contribution in [0.15, 0.2) is 18.3 Å². The zero-order chi connectivity index (χ0) is 13.4. The number of urea groups is 1. The molecule has 1 unspecified atom stereocenters. The standard InChI is InChI=1S/C12H15N5OS/c1-8-10-4-3-5-16(10)6-7-17(8)12(18)13-11-15-14-9(2)19-11/h3-5,8H,6-7H2,1-2H3,(H,13,15,18). The predicted molar refractivity (Wildman–Crippen MR) is 73.2 cm³/mol. The van der Waals surface area contributed by atoms with E-state index in [0.29, 0.717) is 11.7 Å². The molecule has 0 saturated carbocycles. The van der Waals surface area contributed by atoms with Gasteiger partial charge in [-0.15, -0.1) is 10.2 Å². The van der Waals surface area contributed by atoms with Crippen molar-refractivity contribution in [1.82, 2.24) is 19.7 Å². The molecule has 3 rings (SSSR count). The second kappa shape index (κ2) is 4.65. The molecule has 2 aromatic heterocycles. The minimum atomic E-state index is -0.115. The van der Waals surface area contributed by atoms with Crippen molar-refractivity contribution < 1.29 is 4.79 Å². The Labute approximate surface area is 115 Å². The van der Waals surface area contributed by atoms with Crippen molar-refractivity contribution in [2.24, 2.45) is 0 Å². The Balaban J connectivity index is 1.74. The van der Waals surface area contributed by atoms with Crippen LogP contribution in [0.4, 0.5) is 9.93 Å². The lowest BCUT2D eigenvalue weighted by molar-refractivity contribution is 0.175. The number of hydrogen-bond donors (Lipinski definition) is 1. The average molecular weight is 277 g/mol. The van der Waals surface area contributed by atoms with Crippen LogP contribution in [0.1, 0.15) is 23.7 Å².